The van der Waals surface area contributed by atoms with Crippen LogP contribution in [0.15, 0.2) is 12.1 Å². The van der Waals surface area contributed by atoms with Gasteiger partial charge >= 0.3 is 0 Å². The number of nitrogens with one attached hydrogen (secondary N) is 2. The maximum atomic E-state index is 12.5. The summed E-state index contributed by atoms with van der Waals surface area (Å²) in [6.45, 7) is 6.03. The quantitative estimate of drug-likeness (QED) is 0.835. The number of rotatable bonds is 4. The molecule has 2 bridgehead atoms. The summed E-state index contributed by atoms with van der Waals surface area (Å²) in [6.07, 6.45) is 2.37. The van der Waals surface area contributed by atoms with Crippen molar-refractivity contribution in [1.82, 2.24) is 15.2 Å². The van der Waals surface area contributed by atoms with Crippen molar-refractivity contribution < 1.29 is 4.79 Å². The van der Waals surface area contributed by atoms with Crippen molar-refractivity contribution in [1.29, 1.82) is 0 Å². The molecule has 21 heavy (non-hydrogen) atoms. The smallest absolute Gasteiger partial charge is 0.251 e. The molecule has 3 saturated heterocycles. The Morgan fingerprint density at radius 1 is 1.43 bits per heavy atom. The Hall–Kier alpha value is -1.33. The highest BCUT2D eigenvalue weighted by atomic mass is 35.5. The van der Waals surface area contributed by atoms with Crippen molar-refractivity contribution in [2.45, 2.75) is 25.8 Å². The molecule has 6 heteroatoms. The van der Waals surface area contributed by atoms with E-state index in [9.17, 15) is 4.79 Å². The zero-order valence-corrected chi connectivity index (χ0v) is 13.0. The minimum Gasteiger partial charge on any atom is -0.370 e. The number of carbonyl (C=O) groups is 1. The molecule has 1 aromatic rings. The Morgan fingerprint density at radius 3 is 2.81 bits per heavy atom. The number of hydrogen-bond donors (Lipinski definition) is 2. The van der Waals surface area contributed by atoms with Crippen LogP contribution in [0.5, 0.6) is 0 Å². The van der Waals surface area contributed by atoms with Gasteiger partial charge in [-0.15, -0.1) is 0 Å². The van der Waals surface area contributed by atoms with Gasteiger partial charge in [-0.25, -0.2) is 4.98 Å². The highest BCUT2D eigenvalue weighted by molar-refractivity contribution is 6.29. The highest BCUT2D eigenvalue weighted by Crippen LogP contribution is 2.27. The van der Waals surface area contributed by atoms with E-state index in [2.05, 4.69) is 20.5 Å². The van der Waals surface area contributed by atoms with Gasteiger partial charge in [0.05, 0.1) is 0 Å². The molecular weight excluding hydrogens is 288 g/mol. The van der Waals surface area contributed by atoms with Crippen LogP contribution in [0.4, 0.5) is 5.82 Å². The van der Waals surface area contributed by atoms with Gasteiger partial charge in [-0.3, -0.25) is 4.79 Å². The number of carbonyl (C=O) groups excluding carboxylic acids is 1. The van der Waals surface area contributed by atoms with Crippen LogP contribution in [0.25, 0.3) is 0 Å². The van der Waals surface area contributed by atoms with Crippen LogP contribution in [0.2, 0.25) is 5.15 Å². The molecule has 5 nitrogen and oxygen atoms in total. The monoisotopic (exact) mass is 308 g/mol. The van der Waals surface area contributed by atoms with E-state index in [0.29, 0.717) is 22.5 Å². The van der Waals surface area contributed by atoms with Crippen LogP contribution in [-0.2, 0) is 0 Å². The second-order valence-electron chi connectivity index (χ2n) is 5.81. The number of nitrogens with zero attached hydrogens (tertiary/aromatic N) is 2. The Labute approximate surface area is 130 Å². The van der Waals surface area contributed by atoms with E-state index in [1.165, 1.54) is 25.9 Å². The predicted molar refractivity (Wildman–Crippen MR) is 83.8 cm³/mol. The Balaban J connectivity index is 1.70. The Kier molecular flexibility index (Phi) is 4.31. The largest absolute Gasteiger partial charge is 0.370 e. The number of anilines is 1. The standard InChI is InChI=1S/C15H21ClN4O/c1-2-17-14-8-11(7-13(16)19-14)15(21)18-12-9-20-5-3-10(12)4-6-20/h7-8,10,12H,2-6,9H2,1H3,(H,17,19)(H,18,21). The van der Waals surface area contributed by atoms with Crippen molar-refractivity contribution in [3.05, 3.63) is 22.8 Å². The third-order valence-corrected chi connectivity index (χ3v) is 4.58. The van der Waals surface area contributed by atoms with Gasteiger partial charge in [-0.05, 0) is 50.9 Å². The summed E-state index contributed by atoms with van der Waals surface area (Å²) in [7, 11) is 0. The van der Waals surface area contributed by atoms with Gasteiger partial charge in [0.2, 0.25) is 0 Å². The molecule has 1 amide bonds. The fourth-order valence-corrected chi connectivity index (χ4v) is 3.49. The number of amides is 1. The molecule has 0 aromatic carbocycles. The zero-order chi connectivity index (χ0) is 14.8. The lowest BCUT2D eigenvalue weighted by Crippen LogP contribution is -2.57. The van der Waals surface area contributed by atoms with E-state index < -0.39 is 0 Å². The third-order valence-electron chi connectivity index (χ3n) is 4.39. The highest BCUT2D eigenvalue weighted by Gasteiger charge is 2.34. The first kappa shape index (κ1) is 14.6. The predicted octanol–water partition coefficient (Wildman–Crippen LogP) is 1.99. The fourth-order valence-electron chi connectivity index (χ4n) is 3.28. The van der Waals surface area contributed by atoms with Gasteiger partial charge in [0.1, 0.15) is 11.0 Å². The van der Waals surface area contributed by atoms with Crippen LogP contribution in [-0.4, -0.2) is 48.0 Å². The molecule has 1 aromatic heterocycles. The minimum atomic E-state index is -0.0581. The van der Waals surface area contributed by atoms with E-state index in [1.54, 1.807) is 12.1 Å². The molecular formula is C15H21ClN4O. The summed E-state index contributed by atoms with van der Waals surface area (Å²) in [5.74, 6) is 1.20. The van der Waals surface area contributed by atoms with Crippen molar-refractivity contribution in [2.75, 3.05) is 31.5 Å². The van der Waals surface area contributed by atoms with E-state index in [4.69, 9.17) is 11.6 Å². The van der Waals surface area contributed by atoms with Gasteiger partial charge in [0.25, 0.3) is 5.91 Å². The zero-order valence-electron chi connectivity index (χ0n) is 12.2. The summed E-state index contributed by atoms with van der Waals surface area (Å²) < 4.78 is 0. The lowest BCUT2D eigenvalue weighted by Gasteiger charge is -2.44. The first-order valence-electron chi connectivity index (χ1n) is 7.60. The van der Waals surface area contributed by atoms with Crippen LogP contribution in [0, 0.1) is 5.92 Å². The van der Waals surface area contributed by atoms with Gasteiger partial charge < -0.3 is 15.5 Å². The van der Waals surface area contributed by atoms with Crippen molar-refractivity contribution >= 4 is 23.3 Å². The third kappa shape index (κ3) is 3.30. The summed E-state index contributed by atoms with van der Waals surface area (Å²) >= 11 is 6.00. The fraction of sp³-hybridized carbons (Fsp3) is 0.600. The van der Waals surface area contributed by atoms with Gasteiger partial charge in [-0.1, -0.05) is 11.6 Å². The molecule has 0 radical (unpaired) electrons. The van der Waals surface area contributed by atoms with Gasteiger partial charge in [0, 0.05) is 24.7 Å². The number of fused-ring (bicyclic) bond motifs is 3. The second-order valence-corrected chi connectivity index (χ2v) is 6.20. The molecule has 0 aliphatic carbocycles. The average molecular weight is 309 g/mol. The first-order chi connectivity index (χ1) is 10.2. The number of aromatic nitrogens is 1. The van der Waals surface area contributed by atoms with Gasteiger partial charge in [-0.2, -0.15) is 0 Å². The van der Waals surface area contributed by atoms with Crippen LogP contribution >= 0.6 is 11.6 Å². The van der Waals surface area contributed by atoms with Crippen LogP contribution in [0.3, 0.4) is 0 Å². The molecule has 3 aliphatic heterocycles. The Morgan fingerprint density at radius 2 is 2.19 bits per heavy atom. The molecule has 0 saturated carbocycles. The maximum absolute atomic E-state index is 12.5. The topological polar surface area (TPSA) is 57.3 Å². The molecule has 4 rings (SSSR count). The summed E-state index contributed by atoms with van der Waals surface area (Å²) in [5.41, 5.74) is 0.572. The molecule has 1 atom stereocenters. The number of piperidine rings is 3. The first-order valence-corrected chi connectivity index (χ1v) is 7.98. The van der Waals surface area contributed by atoms with E-state index in [1.807, 2.05) is 6.92 Å². The molecule has 2 N–H and O–H groups in total. The van der Waals surface area contributed by atoms with E-state index in [0.717, 1.165) is 13.1 Å². The summed E-state index contributed by atoms with van der Waals surface area (Å²) in [5, 5.41) is 6.60. The lowest BCUT2D eigenvalue weighted by atomic mass is 9.84. The summed E-state index contributed by atoms with van der Waals surface area (Å²) in [4.78, 5) is 19.0. The van der Waals surface area contributed by atoms with E-state index in [-0.39, 0.29) is 11.9 Å². The number of pyridine rings is 1. The lowest BCUT2D eigenvalue weighted by molar-refractivity contribution is 0.0620. The molecule has 4 heterocycles. The summed E-state index contributed by atoms with van der Waals surface area (Å²) in [6, 6.07) is 3.64. The van der Waals surface area contributed by atoms with Crippen LogP contribution in [0.1, 0.15) is 30.1 Å². The van der Waals surface area contributed by atoms with Crippen LogP contribution < -0.4 is 10.6 Å². The molecule has 3 aliphatic rings. The Bertz CT molecular complexity index is 528. The maximum Gasteiger partial charge on any atom is 0.251 e. The SMILES string of the molecule is CCNc1cc(C(=O)NC2CN3CCC2CC3)cc(Cl)n1. The second kappa shape index (κ2) is 6.20. The van der Waals surface area contributed by atoms with Crippen molar-refractivity contribution in [3.8, 4) is 0 Å². The van der Waals surface area contributed by atoms with Crippen molar-refractivity contribution in [3.63, 3.8) is 0 Å². The molecule has 3 fully saturated rings. The normalized spacial score (nSPS) is 27.4. The molecule has 114 valence electrons. The number of hydrogen-bond acceptors (Lipinski definition) is 4. The molecule has 0 spiro atoms. The van der Waals surface area contributed by atoms with Gasteiger partial charge in [0.15, 0.2) is 0 Å². The van der Waals surface area contributed by atoms with E-state index >= 15 is 0 Å². The molecule has 1 unspecified atom stereocenters. The average Bonchev–Trinajstić information content (AvgIpc) is 2.48. The number of halogens is 1. The van der Waals surface area contributed by atoms with Crippen molar-refractivity contribution in [2.24, 2.45) is 5.92 Å². The minimum absolute atomic E-state index is 0.0581.